The normalized spacial score (nSPS) is 11.5. The number of ether oxygens (including phenoxy) is 1. The number of hydrogen-bond donors (Lipinski definition) is 1. The van der Waals surface area contributed by atoms with E-state index < -0.39 is 9.84 Å². The van der Waals surface area contributed by atoms with Crippen LogP contribution in [-0.4, -0.2) is 34.1 Å². The first-order valence-electron chi connectivity index (χ1n) is 5.64. The Hall–Kier alpha value is -1.14. The molecule has 18 heavy (non-hydrogen) atoms. The van der Waals surface area contributed by atoms with E-state index in [1.54, 1.807) is 18.2 Å². The number of methoxy groups -OCH3 is 1. The number of hydrogen-bond acceptors (Lipinski definition) is 4. The summed E-state index contributed by atoms with van der Waals surface area (Å²) in [6, 6.07) is 4.94. The summed E-state index contributed by atoms with van der Waals surface area (Å²) in [5.41, 5.74) is 0.508. The van der Waals surface area contributed by atoms with Gasteiger partial charge < -0.3 is 10.1 Å². The van der Waals surface area contributed by atoms with Gasteiger partial charge in [0.1, 0.15) is 9.84 Å². The third kappa shape index (κ3) is 5.01. The smallest absolute Gasteiger partial charge is 0.169 e. The van der Waals surface area contributed by atoms with Gasteiger partial charge in [-0.05, 0) is 19.0 Å². The molecule has 0 radical (unpaired) electrons. The molecule has 0 aliphatic carbocycles. The molecule has 0 saturated carbocycles. The van der Waals surface area contributed by atoms with Crippen molar-refractivity contribution < 1.29 is 17.5 Å². The average Bonchev–Trinajstić information content (AvgIpc) is 2.29. The third-order valence-corrected chi connectivity index (χ3v) is 3.48. The van der Waals surface area contributed by atoms with Crippen molar-refractivity contribution in [3.63, 3.8) is 0 Å². The molecule has 1 rings (SSSR count). The Morgan fingerprint density at radius 1 is 1.39 bits per heavy atom. The fourth-order valence-corrected chi connectivity index (χ4v) is 2.20. The highest BCUT2D eigenvalue weighted by Crippen LogP contribution is 2.19. The first-order valence-corrected chi connectivity index (χ1v) is 7.70. The van der Waals surface area contributed by atoms with Gasteiger partial charge in [0.25, 0.3) is 0 Å². The number of benzene rings is 1. The van der Waals surface area contributed by atoms with Gasteiger partial charge in [0.2, 0.25) is 0 Å². The van der Waals surface area contributed by atoms with E-state index in [4.69, 9.17) is 4.74 Å². The molecule has 1 aromatic carbocycles. The minimum absolute atomic E-state index is 0.139. The summed E-state index contributed by atoms with van der Waals surface area (Å²) in [6.45, 7) is 0.885. The average molecular weight is 275 g/mol. The van der Waals surface area contributed by atoms with Crippen molar-refractivity contribution in [2.75, 3.05) is 25.7 Å². The van der Waals surface area contributed by atoms with Crippen LogP contribution in [0.1, 0.15) is 12.0 Å². The summed E-state index contributed by atoms with van der Waals surface area (Å²) in [6.07, 6.45) is 1.72. The predicted octanol–water partition coefficient (Wildman–Crippen LogP) is 1.36. The maximum Gasteiger partial charge on any atom is 0.169 e. The topological polar surface area (TPSA) is 55.4 Å². The van der Waals surface area contributed by atoms with Crippen molar-refractivity contribution in [3.8, 4) is 5.75 Å². The molecule has 1 aromatic rings. The molecule has 6 heteroatoms. The van der Waals surface area contributed by atoms with Crippen molar-refractivity contribution in [2.45, 2.75) is 13.0 Å². The lowest BCUT2D eigenvalue weighted by Gasteiger charge is -2.08. The Morgan fingerprint density at radius 3 is 2.72 bits per heavy atom. The van der Waals surface area contributed by atoms with E-state index in [0.717, 1.165) is 0 Å². The van der Waals surface area contributed by atoms with Crippen LogP contribution in [0.3, 0.4) is 0 Å². The van der Waals surface area contributed by atoms with Gasteiger partial charge in [0, 0.05) is 18.4 Å². The first kappa shape index (κ1) is 14.9. The highest BCUT2D eigenvalue weighted by molar-refractivity contribution is 7.90. The molecule has 0 unspecified atom stereocenters. The molecule has 0 aliphatic heterocycles. The molecular formula is C12H18FNO3S. The number of rotatable bonds is 7. The van der Waals surface area contributed by atoms with Gasteiger partial charge in [-0.1, -0.05) is 12.1 Å². The van der Waals surface area contributed by atoms with E-state index in [2.05, 4.69) is 5.32 Å². The van der Waals surface area contributed by atoms with E-state index in [0.29, 0.717) is 25.1 Å². The molecule has 0 fully saturated rings. The van der Waals surface area contributed by atoms with Crippen LogP contribution in [0.25, 0.3) is 0 Å². The van der Waals surface area contributed by atoms with Crippen LogP contribution in [0.15, 0.2) is 18.2 Å². The largest absolute Gasteiger partial charge is 0.494 e. The Balaban J connectivity index is 2.40. The zero-order chi connectivity index (χ0) is 13.6. The van der Waals surface area contributed by atoms with Crippen LogP contribution >= 0.6 is 0 Å². The van der Waals surface area contributed by atoms with E-state index in [9.17, 15) is 12.8 Å². The van der Waals surface area contributed by atoms with Crippen LogP contribution in [-0.2, 0) is 16.4 Å². The molecule has 0 heterocycles. The molecule has 0 saturated heterocycles. The van der Waals surface area contributed by atoms with Crippen LogP contribution < -0.4 is 10.1 Å². The van der Waals surface area contributed by atoms with Gasteiger partial charge in [0.15, 0.2) is 11.6 Å². The summed E-state index contributed by atoms with van der Waals surface area (Å²) in [7, 11) is -1.50. The molecule has 102 valence electrons. The maximum absolute atomic E-state index is 13.7. The summed E-state index contributed by atoms with van der Waals surface area (Å²) >= 11 is 0. The van der Waals surface area contributed by atoms with E-state index in [1.807, 2.05) is 0 Å². The maximum atomic E-state index is 13.7. The summed E-state index contributed by atoms with van der Waals surface area (Å²) in [4.78, 5) is 0. The van der Waals surface area contributed by atoms with Crippen LogP contribution in [0, 0.1) is 5.82 Å². The molecule has 4 nitrogen and oxygen atoms in total. The SMILES string of the molecule is COc1cccc(CNCCCS(C)(=O)=O)c1F. The summed E-state index contributed by atoms with van der Waals surface area (Å²) < 4.78 is 40.4. The monoisotopic (exact) mass is 275 g/mol. The standard InChI is InChI=1S/C12H18FNO3S/c1-17-11-6-3-5-10(12(11)13)9-14-7-4-8-18(2,15)16/h3,5-6,14H,4,7-9H2,1-2H3. The van der Waals surface area contributed by atoms with Crippen LogP contribution in [0.4, 0.5) is 4.39 Å². The van der Waals surface area contributed by atoms with Crippen molar-refractivity contribution in [1.82, 2.24) is 5.32 Å². The second-order valence-electron chi connectivity index (χ2n) is 4.09. The minimum Gasteiger partial charge on any atom is -0.494 e. The molecule has 0 spiro atoms. The van der Waals surface area contributed by atoms with E-state index in [-0.39, 0.29) is 17.3 Å². The van der Waals surface area contributed by atoms with Crippen LogP contribution in [0.2, 0.25) is 0 Å². The Labute approximate surface area is 107 Å². The fraction of sp³-hybridized carbons (Fsp3) is 0.500. The highest BCUT2D eigenvalue weighted by atomic mass is 32.2. The lowest BCUT2D eigenvalue weighted by molar-refractivity contribution is 0.383. The molecule has 1 N–H and O–H groups in total. The minimum atomic E-state index is -2.92. The van der Waals surface area contributed by atoms with Crippen LogP contribution in [0.5, 0.6) is 5.75 Å². The van der Waals surface area contributed by atoms with Gasteiger partial charge in [-0.25, -0.2) is 12.8 Å². The Morgan fingerprint density at radius 2 is 2.11 bits per heavy atom. The lowest BCUT2D eigenvalue weighted by Crippen LogP contribution is -2.18. The molecule has 0 aliphatic rings. The first-order chi connectivity index (χ1) is 8.44. The van der Waals surface area contributed by atoms with Gasteiger partial charge in [-0.2, -0.15) is 0 Å². The Bertz CT molecular complexity index is 488. The van der Waals surface area contributed by atoms with E-state index >= 15 is 0 Å². The van der Waals surface area contributed by atoms with Gasteiger partial charge in [-0.15, -0.1) is 0 Å². The van der Waals surface area contributed by atoms with Crippen molar-refractivity contribution in [2.24, 2.45) is 0 Å². The quantitative estimate of drug-likeness (QED) is 0.763. The number of halogens is 1. The summed E-state index contributed by atoms with van der Waals surface area (Å²) in [5, 5.41) is 3.01. The highest BCUT2D eigenvalue weighted by Gasteiger charge is 2.07. The second-order valence-corrected chi connectivity index (χ2v) is 6.35. The molecule has 0 amide bonds. The van der Waals surface area contributed by atoms with Gasteiger partial charge >= 0.3 is 0 Å². The summed E-state index contributed by atoms with van der Waals surface area (Å²) in [5.74, 6) is -0.0262. The zero-order valence-electron chi connectivity index (χ0n) is 10.6. The van der Waals surface area contributed by atoms with Crippen molar-refractivity contribution >= 4 is 9.84 Å². The molecule has 0 atom stereocenters. The van der Waals surface area contributed by atoms with E-state index in [1.165, 1.54) is 13.4 Å². The second kappa shape index (κ2) is 6.70. The van der Waals surface area contributed by atoms with Gasteiger partial charge in [-0.3, -0.25) is 0 Å². The van der Waals surface area contributed by atoms with Crippen molar-refractivity contribution in [1.29, 1.82) is 0 Å². The predicted molar refractivity (Wildman–Crippen MR) is 69.0 cm³/mol. The Kier molecular flexibility index (Phi) is 5.55. The molecule has 0 bridgehead atoms. The van der Waals surface area contributed by atoms with Gasteiger partial charge in [0.05, 0.1) is 12.9 Å². The van der Waals surface area contributed by atoms with Crippen molar-refractivity contribution in [3.05, 3.63) is 29.6 Å². The molecule has 0 aromatic heterocycles. The third-order valence-electron chi connectivity index (χ3n) is 2.45. The fourth-order valence-electron chi connectivity index (χ4n) is 1.53. The molecular weight excluding hydrogens is 257 g/mol. The lowest BCUT2D eigenvalue weighted by atomic mass is 10.2. The number of sulfone groups is 1. The number of nitrogens with one attached hydrogen (secondary N) is 1. The zero-order valence-corrected chi connectivity index (χ0v) is 11.4.